The summed E-state index contributed by atoms with van der Waals surface area (Å²) in [6, 6.07) is 20.6. The second-order valence-corrected chi connectivity index (χ2v) is 7.60. The second kappa shape index (κ2) is 8.75. The Bertz CT molecular complexity index is 907. The van der Waals surface area contributed by atoms with E-state index in [9.17, 15) is 9.59 Å². The van der Waals surface area contributed by atoms with Crippen molar-refractivity contribution in [3.8, 4) is 0 Å². The van der Waals surface area contributed by atoms with Gasteiger partial charge >= 0.3 is 0 Å². The third-order valence-corrected chi connectivity index (χ3v) is 5.33. The summed E-state index contributed by atoms with van der Waals surface area (Å²) in [5.74, 6) is -0.109. The number of hydrogen-bond donors (Lipinski definition) is 2. The molecule has 5 heteroatoms. The zero-order chi connectivity index (χ0) is 19.2. The molecule has 0 saturated carbocycles. The van der Waals surface area contributed by atoms with Crippen molar-refractivity contribution < 1.29 is 14.5 Å². The molecule has 0 aliphatic heterocycles. The van der Waals surface area contributed by atoms with Crippen LogP contribution in [0.4, 0.5) is 5.69 Å². The van der Waals surface area contributed by atoms with Gasteiger partial charge < -0.3 is 10.2 Å². The number of thiophene rings is 1. The van der Waals surface area contributed by atoms with Crippen molar-refractivity contribution in [1.82, 2.24) is 0 Å². The van der Waals surface area contributed by atoms with E-state index in [1.807, 2.05) is 48.8 Å². The summed E-state index contributed by atoms with van der Waals surface area (Å²) >= 11 is 1.69. The molecule has 2 N–H and O–H groups in total. The van der Waals surface area contributed by atoms with Gasteiger partial charge in [-0.05, 0) is 30.5 Å². The van der Waals surface area contributed by atoms with Crippen LogP contribution in [0.25, 0.3) is 0 Å². The minimum absolute atomic E-state index is 0.0221. The number of quaternary nitrogens is 1. The van der Waals surface area contributed by atoms with E-state index >= 15 is 0 Å². The smallest absolute Gasteiger partial charge is 0.287 e. The number of anilines is 1. The first kappa shape index (κ1) is 19.0. The summed E-state index contributed by atoms with van der Waals surface area (Å²) < 4.78 is 0. The first-order chi connectivity index (χ1) is 13.0. The van der Waals surface area contributed by atoms with Gasteiger partial charge in [-0.2, -0.15) is 0 Å². The van der Waals surface area contributed by atoms with Crippen LogP contribution in [0.5, 0.6) is 0 Å². The molecule has 1 amide bonds. The minimum atomic E-state index is -0.353. The Hall–Kier alpha value is -2.76. The number of carbonyl (C=O) groups is 2. The van der Waals surface area contributed by atoms with Gasteiger partial charge in [0.25, 0.3) is 5.91 Å². The van der Waals surface area contributed by atoms with E-state index in [0.29, 0.717) is 11.3 Å². The molecule has 2 atom stereocenters. The first-order valence-corrected chi connectivity index (χ1v) is 9.74. The van der Waals surface area contributed by atoms with Crippen LogP contribution in [0.3, 0.4) is 0 Å². The number of ketones is 1. The maximum absolute atomic E-state index is 13.2. The Morgan fingerprint density at radius 2 is 1.81 bits per heavy atom. The van der Waals surface area contributed by atoms with Crippen LogP contribution in [0.1, 0.15) is 33.8 Å². The van der Waals surface area contributed by atoms with Gasteiger partial charge in [0.1, 0.15) is 6.54 Å². The SMILES string of the molecule is CC(=O)c1cccc(NC(=O)[C@@H](c2ccccc2)[NH+](C)Cc2cccs2)c1. The van der Waals surface area contributed by atoms with Crippen LogP contribution in [0, 0.1) is 0 Å². The standard InChI is InChI=1S/C22H22N2O2S/c1-16(25)18-10-6-11-19(14-18)23-22(26)21(17-8-4-3-5-9-17)24(2)15-20-12-7-13-27-20/h3-14,21H,15H2,1-2H3,(H,23,26)/p+1/t21-/m1/s1. The van der Waals surface area contributed by atoms with E-state index in [4.69, 9.17) is 0 Å². The third kappa shape index (κ3) is 4.90. The molecule has 4 nitrogen and oxygen atoms in total. The molecule has 0 saturated heterocycles. The quantitative estimate of drug-likeness (QED) is 0.619. The lowest BCUT2D eigenvalue weighted by molar-refractivity contribution is -0.915. The minimum Gasteiger partial charge on any atom is -0.321 e. The van der Waals surface area contributed by atoms with E-state index < -0.39 is 0 Å². The van der Waals surface area contributed by atoms with Gasteiger partial charge in [0.15, 0.2) is 11.8 Å². The van der Waals surface area contributed by atoms with Crippen LogP contribution in [-0.2, 0) is 11.3 Å². The summed E-state index contributed by atoms with van der Waals surface area (Å²) in [5, 5.41) is 5.04. The molecule has 0 aliphatic carbocycles. The van der Waals surface area contributed by atoms with Crippen molar-refractivity contribution in [2.75, 3.05) is 12.4 Å². The number of hydrogen-bond acceptors (Lipinski definition) is 3. The summed E-state index contributed by atoms with van der Waals surface area (Å²) in [6.07, 6.45) is 0. The van der Waals surface area contributed by atoms with Gasteiger partial charge in [-0.1, -0.05) is 48.5 Å². The monoisotopic (exact) mass is 379 g/mol. The van der Waals surface area contributed by atoms with Crippen LogP contribution < -0.4 is 10.2 Å². The third-order valence-electron chi connectivity index (χ3n) is 4.46. The lowest BCUT2D eigenvalue weighted by Gasteiger charge is -2.24. The van der Waals surface area contributed by atoms with Crippen molar-refractivity contribution in [3.05, 3.63) is 88.1 Å². The van der Waals surface area contributed by atoms with Gasteiger partial charge in [-0.25, -0.2) is 0 Å². The molecule has 0 spiro atoms. The molecule has 1 unspecified atom stereocenters. The maximum Gasteiger partial charge on any atom is 0.287 e. The Morgan fingerprint density at radius 1 is 1.04 bits per heavy atom. The highest BCUT2D eigenvalue weighted by Crippen LogP contribution is 2.16. The molecule has 138 valence electrons. The summed E-state index contributed by atoms with van der Waals surface area (Å²) in [7, 11) is 2.03. The lowest BCUT2D eigenvalue weighted by atomic mass is 10.0. The fourth-order valence-electron chi connectivity index (χ4n) is 3.13. The molecular formula is C22H23N2O2S+. The largest absolute Gasteiger partial charge is 0.321 e. The normalized spacial score (nSPS) is 13.0. The average Bonchev–Trinajstić information content (AvgIpc) is 3.16. The molecule has 0 aliphatic rings. The van der Waals surface area contributed by atoms with Crippen molar-refractivity contribution in [2.45, 2.75) is 19.5 Å². The van der Waals surface area contributed by atoms with Gasteiger partial charge in [0.2, 0.25) is 0 Å². The van der Waals surface area contributed by atoms with E-state index in [1.165, 1.54) is 11.8 Å². The molecule has 1 heterocycles. The van der Waals surface area contributed by atoms with Crippen molar-refractivity contribution in [2.24, 2.45) is 0 Å². The van der Waals surface area contributed by atoms with E-state index in [1.54, 1.807) is 35.6 Å². The van der Waals surface area contributed by atoms with Gasteiger partial charge in [-0.15, -0.1) is 11.3 Å². The Labute approximate surface area is 163 Å². The summed E-state index contributed by atoms with van der Waals surface area (Å²) in [5.41, 5.74) is 2.19. The van der Waals surface area contributed by atoms with Gasteiger partial charge in [-0.3, -0.25) is 9.59 Å². The molecule has 0 radical (unpaired) electrons. The molecule has 3 aromatic rings. The number of benzene rings is 2. The Morgan fingerprint density at radius 3 is 2.48 bits per heavy atom. The highest BCUT2D eigenvalue weighted by molar-refractivity contribution is 7.09. The molecule has 1 aromatic heterocycles. The number of likely N-dealkylation sites (N-methyl/N-ethyl adjacent to an activating group) is 1. The van der Waals surface area contributed by atoms with Gasteiger partial charge in [0, 0.05) is 16.8 Å². The van der Waals surface area contributed by atoms with Crippen molar-refractivity contribution >= 4 is 28.7 Å². The zero-order valence-electron chi connectivity index (χ0n) is 15.4. The highest BCUT2D eigenvalue weighted by Gasteiger charge is 2.29. The van der Waals surface area contributed by atoms with Crippen molar-refractivity contribution in [3.63, 3.8) is 0 Å². The predicted molar refractivity (Wildman–Crippen MR) is 109 cm³/mol. The van der Waals surface area contributed by atoms with Crippen LogP contribution in [0.2, 0.25) is 0 Å². The number of carbonyl (C=O) groups excluding carboxylic acids is 2. The van der Waals surface area contributed by atoms with Crippen LogP contribution in [0.15, 0.2) is 72.1 Å². The van der Waals surface area contributed by atoms with Crippen LogP contribution in [-0.4, -0.2) is 18.7 Å². The number of amides is 1. The lowest BCUT2D eigenvalue weighted by Crippen LogP contribution is -3.09. The summed E-state index contributed by atoms with van der Waals surface area (Å²) in [6.45, 7) is 2.28. The van der Waals surface area contributed by atoms with Crippen molar-refractivity contribution in [1.29, 1.82) is 0 Å². The fourth-order valence-corrected chi connectivity index (χ4v) is 3.93. The molecular weight excluding hydrogens is 356 g/mol. The topological polar surface area (TPSA) is 50.6 Å². The van der Waals surface area contributed by atoms with E-state index in [2.05, 4.69) is 11.4 Å². The molecule has 0 bridgehead atoms. The van der Waals surface area contributed by atoms with E-state index in [0.717, 1.165) is 17.0 Å². The maximum atomic E-state index is 13.2. The Kier molecular flexibility index (Phi) is 6.16. The second-order valence-electron chi connectivity index (χ2n) is 6.57. The zero-order valence-corrected chi connectivity index (χ0v) is 16.3. The van der Waals surface area contributed by atoms with Crippen LogP contribution >= 0.6 is 11.3 Å². The molecule has 0 fully saturated rings. The predicted octanol–water partition coefficient (Wildman–Crippen LogP) is 3.35. The highest BCUT2D eigenvalue weighted by atomic mass is 32.1. The molecule has 3 rings (SSSR count). The average molecular weight is 380 g/mol. The first-order valence-electron chi connectivity index (χ1n) is 8.86. The summed E-state index contributed by atoms with van der Waals surface area (Å²) in [4.78, 5) is 27.1. The van der Waals surface area contributed by atoms with Gasteiger partial charge in [0.05, 0.1) is 11.9 Å². The Balaban J connectivity index is 1.84. The fraction of sp³-hybridized carbons (Fsp3) is 0.182. The molecule has 27 heavy (non-hydrogen) atoms. The van der Waals surface area contributed by atoms with E-state index in [-0.39, 0.29) is 17.7 Å². The number of nitrogens with one attached hydrogen (secondary N) is 2. The number of rotatable bonds is 7. The molecule has 2 aromatic carbocycles. The number of Topliss-reactive ketones (excluding diaryl/α,β-unsaturated/α-hetero) is 1.